The molecule has 2 aromatic rings. The number of carbonyl (C=O) groups is 1. The minimum atomic E-state index is -0.191. The van der Waals surface area contributed by atoms with Crippen LogP contribution in [-0.2, 0) is 11.3 Å². The van der Waals surface area contributed by atoms with Crippen molar-refractivity contribution < 1.29 is 9.90 Å². The molecule has 0 saturated heterocycles. The van der Waals surface area contributed by atoms with Crippen molar-refractivity contribution in [3.8, 4) is 6.07 Å². The van der Waals surface area contributed by atoms with Gasteiger partial charge in [-0.05, 0) is 17.0 Å². The number of amides is 1. The summed E-state index contributed by atoms with van der Waals surface area (Å²) in [5.74, 6) is -0.191. The molecule has 1 aromatic heterocycles. The van der Waals surface area contributed by atoms with E-state index in [9.17, 15) is 4.79 Å². The second-order valence-corrected chi connectivity index (χ2v) is 5.66. The maximum absolute atomic E-state index is 12.1. The van der Waals surface area contributed by atoms with Crippen molar-refractivity contribution in [3.63, 3.8) is 0 Å². The molecular weight excluding hydrogens is 298 g/mol. The zero-order valence-corrected chi connectivity index (χ0v) is 12.8. The number of rotatable bonds is 7. The Labute approximate surface area is 133 Å². The van der Waals surface area contributed by atoms with E-state index in [1.54, 1.807) is 11.4 Å². The summed E-state index contributed by atoms with van der Waals surface area (Å²) in [6, 6.07) is 13.5. The maximum Gasteiger partial charge on any atom is 0.239 e. The summed E-state index contributed by atoms with van der Waals surface area (Å²) in [5.41, 5.74) is 1.55. The number of anilines is 1. The molecule has 0 atom stereocenters. The smallest absolute Gasteiger partial charge is 0.239 e. The monoisotopic (exact) mass is 315 g/mol. The minimum absolute atomic E-state index is 0.0113. The van der Waals surface area contributed by atoms with E-state index in [2.05, 4.69) is 5.32 Å². The topological polar surface area (TPSA) is 76.4 Å². The summed E-state index contributed by atoms with van der Waals surface area (Å²) in [6.07, 6.45) is 0. The highest BCUT2D eigenvalue weighted by atomic mass is 32.1. The predicted octanol–water partition coefficient (Wildman–Crippen LogP) is 2.05. The van der Waals surface area contributed by atoms with Crippen LogP contribution in [0.2, 0.25) is 0 Å². The van der Waals surface area contributed by atoms with E-state index in [0.717, 1.165) is 5.56 Å². The first-order chi connectivity index (χ1) is 10.7. The third-order valence-corrected chi connectivity index (χ3v) is 3.90. The highest BCUT2D eigenvalue weighted by Crippen LogP contribution is 2.22. The van der Waals surface area contributed by atoms with Crippen LogP contribution in [0.3, 0.4) is 0 Å². The summed E-state index contributed by atoms with van der Waals surface area (Å²) < 4.78 is 0. The van der Waals surface area contributed by atoms with Gasteiger partial charge in [0.1, 0.15) is 11.1 Å². The van der Waals surface area contributed by atoms with Crippen LogP contribution in [0.4, 0.5) is 5.00 Å². The number of nitriles is 1. The number of thiophene rings is 1. The first kappa shape index (κ1) is 16.2. The van der Waals surface area contributed by atoms with Crippen LogP contribution in [0.1, 0.15) is 11.1 Å². The van der Waals surface area contributed by atoms with Gasteiger partial charge in [0.15, 0.2) is 0 Å². The Morgan fingerprint density at radius 1 is 1.32 bits per heavy atom. The lowest BCUT2D eigenvalue weighted by atomic mass is 10.2. The molecule has 2 rings (SSSR count). The molecule has 0 bridgehead atoms. The Hall–Kier alpha value is -2.20. The largest absolute Gasteiger partial charge is 0.395 e. The third kappa shape index (κ3) is 4.67. The zero-order chi connectivity index (χ0) is 15.8. The first-order valence-electron chi connectivity index (χ1n) is 6.87. The van der Waals surface area contributed by atoms with E-state index >= 15 is 0 Å². The first-order valence-corrected chi connectivity index (χ1v) is 7.75. The molecule has 0 radical (unpaired) electrons. The molecule has 114 valence electrons. The molecule has 0 fully saturated rings. The molecule has 2 N–H and O–H groups in total. The molecule has 5 nitrogen and oxygen atoms in total. The van der Waals surface area contributed by atoms with Crippen molar-refractivity contribution in [1.29, 1.82) is 5.26 Å². The van der Waals surface area contributed by atoms with E-state index in [1.807, 2.05) is 41.3 Å². The van der Waals surface area contributed by atoms with Crippen molar-refractivity contribution in [2.75, 3.05) is 25.0 Å². The van der Waals surface area contributed by atoms with Crippen molar-refractivity contribution in [2.45, 2.75) is 6.54 Å². The third-order valence-electron chi connectivity index (χ3n) is 3.07. The minimum Gasteiger partial charge on any atom is -0.395 e. The van der Waals surface area contributed by atoms with Crippen molar-refractivity contribution in [1.82, 2.24) is 4.90 Å². The number of nitrogens with zero attached hydrogens (tertiary/aromatic N) is 2. The van der Waals surface area contributed by atoms with Gasteiger partial charge in [-0.3, -0.25) is 9.69 Å². The van der Waals surface area contributed by atoms with E-state index < -0.39 is 0 Å². The number of aliphatic hydroxyl groups excluding tert-OH is 1. The standard InChI is InChI=1S/C16H17N3O2S/c17-10-14-6-9-22-16(14)18-15(21)12-19(7-8-20)11-13-4-2-1-3-5-13/h1-6,9,20H,7-8,11-12H2,(H,18,21). The van der Waals surface area contributed by atoms with Crippen LogP contribution in [0.15, 0.2) is 41.8 Å². The number of nitrogens with one attached hydrogen (secondary N) is 1. The Morgan fingerprint density at radius 3 is 2.77 bits per heavy atom. The normalized spacial score (nSPS) is 10.4. The van der Waals surface area contributed by atoms with E-state index in [4.69, 9.17) is 10.4 Å². The van der Waals surface area contributed by atoms with Gasteiger partial charge in [-0.25, -0.2) is 0 Å². The second-order valence-electron chi connectivity index (χ2n) is 4.74. The number of carbonyl (C=O) groups excluding carboxylic acids is 1. The van der Waals surface area contributed by atoms with Crippen LogP contribution in [0.25, 0.3) is 0 Å². The maximum atomic E-state index is 12.1. The lowest BCUT2D eigenvalue weighted by Crippen LogP contribution is -2.34. The number of hydrogen-bond acceptors (Lipinski definition) is 5. The summed E-state index contributed by atoms with van der Waals surface area (Å²) in [7, 11) is 0. The zero-order valence-electron chi connectivity index (χ0n) is 12.0. The Bertz CT molecular complexity index is 649. The molecular formula is C16H17N3O2S. The Morgan fingerprint density at radius 2 is 2.09 bits per heavy atom. The molecule has 6 heteroatoms. The van der Waals surface area contributed by atoms with Crippen molar-refractivity contribution in [2.24, 2.45) is 0 Å². The van der Waals surface area contributed by atoms with Gasteiger partial charge >= 0.3 is 0 Å². The number of aliphatic hydroxyl groups is 1. The predicted molar refractivity (Wildman–Crippen MR) is 86.5 cm³/mol. The summed E-state index contributed by atoms with van der Waals surface area (Å²) in [6.45, 7) is 1.16. The fourth-order valence-corrected chi connectivity index (χ4v) is 2.81. The van der Waals surface area contributed by atoms with Crippen LogP contribution in [0, 0.1) is 11.3 Å². The number of hydrogen-bond donors (Lipinski definition) is 2. The van der Waals surface area contributed by atoms with Crippen LogP contribution in [0.5, 0.6) is 0 Å². The van der Waals surface area contributed by atoms with Crippen LogP contribution >= 0.6 is 11.3 Å². The lowest BCUT2D eigenvalue weighted by Gasteiger charge is -2.20. The van der Waals surface area contributed by atoms with Gasteiger partial charge in [0.25, 0.3) is 0 Å². The van der Waals surface area contributed by atoms with Gasteiger partial charge in [-0.1, -0.05) is 30.3 Å². The van der Waals surface area contributed by atoms with Crippen molar-refractivity contribution in [3.05, 3.63) is 52.9 Å². The lowest BCUT2D eigenvalue weighted by molar-refractivity contribution is -0.117. The average Bonchev–Trinajstić information content (AvgIpc) is 2.95. The van der Waals surface area contributed by atoms with E-state index in [1.165, 1.54) is 11.3 Å². The fourth-order valence-electron chi connectivity index (χ4n) is 2.06. The average molecular weight is 315 g/mol. The molecule has 1 amide bonds. The number of benzene rings is 1. The molecule has 1 aromatic carbocycles. The summed E-state index contributed by atoms with van der Waals surface area (Å²) >= 11 is 1.32. The molecule has 0 saturated carbocycles. The van der Waals surface area contributed by atoms with Gasteiger partial charge in [-0.15, -0.1) is 11.3 Å². The van der Waals surface area contributed by atoms with Gasteiger partial charge in [0, 0.05) is 13.1 Å². The summed E-state index contributed by atoms with van der Waals surface area (Å²) in [5, 5.41) is 23.2. The van der Waals surface area contributed by atoms with Crippen molar-refractivity contribution >= 4 is 22.2 Å². The molecule has 0 spiro atoms. The molecule has 22 heavy (non-hydrogen) atoms. The summed E-state index contributed by atoms with van der Waals surface area (Å²) in [4.78, 5) is 14.0. The molecule has 0 aliphatic heterocycles. The highest BCUT2D eigenvalue weighted by molar-refractivity contribution is 7.14. The van der Waals surface area contributed by atoms with Crippen LogP contribution < -0.4 is 5.32 Å². The van der Waals surface area contributed by atoms with E-state index in [-0.39, 0.29) is 19.1 Å². The quantitative estimate of drug-likeness (QED) is 0.820. The molecule has 0 unspecified atom stereocenters. The highest BCUT2D eigenvalue weighted by Gasteiger charge is 2.13. The van der Waals surface area contributed by atoms with Gasteiger partial charge < -0.3 is 10.4 Å². The fraction of sp³-hybridized carbons (Fsp3) is 0.250. The van der Waals surface area contributed by atoms with Gasteiger partial charge in [-0.2, -0.15) is 5.26 Å². The van der Waals surface area contributed by atoms with E-state index in [0.29, 0.717) is 23.7 Å². The molecule has 0 aliphatic rings. The van der Waals surface area contributed by atoms with Gasteiger partial charge in [0.2, 0.25) is 5.91 Å². The Kier molecular flexibility index (Phi) is 6.10. The Balaban J connectivity index is 1.95. The van der Waals surface area contributed by atoms with Crippen LogP contribution in [-0.4, -0.2) is 35.6 Å². The SMILES string of the molecule is N#Cc1ccsc1NC(=O)CN(CCO)Cc1ccccc1. The second kappa shape index (κ2) is 8.29. The van der Waals surface area contributed by atoms with Gasteiger partial charge in [0.05, 0.1) is 18.7 Å². The molecule has 1 heterocycles. The molecule has 0 aliphatic carbocycles.